The van der Waals surface area contributed by atoms with E-state index in [9.17, 15) is 9.59 Å². The first-order valence-electron chi connectivity index (χ1n) is 9.46. The van der Waals surface area contributed by atoms with Gasteiger partial charge in [0, 0.05) is 37.3 Å². The predicted octanol–water partition coefficient (Wildman–Crippen LogP) is 4.25. The van der Waals surface area contributed by atoms with Crippen LogP contribution in [0.25, 0.3) is 6.08 Å². The predicted molar refractivity (Wildman–Crippen MR) is 103 cm³/mol. The molecule has 1 unspecified atom stereocenters. The van der Waals surface area contributed by atoms with E-state index in [1.807, 2.05) is 40.1 Å². The summed E-state index contributed by atoms with van der Waals surface area (Å²) < 4.78 is 0. The summed E-state index contributed by atoms with van der Waals surface area (Å²) in [5.41, 5.74) is 1.92. The number of hydrogen-bond acceptors (Lipinski definition) is 2. The number of rotatable bonds is 8. The number of benzene rings is 1. The molecule has 1 atom stereocenters. The standard InChI is InChI=1S/C21H30N2O2/c1-4-6-15-22(17(3)5-2)21(25)14-11-18-9-12-19(13-10-18)23-16-7-8-20(23)24/h9-14,17H,4-8,15-16H2,1-3H3/b14-11+. The Morgan fingerprint density at radius 1 is 1.28 bits per heavy atom. The molecule has 2 rings (SSSR count). The molecule has 1 aromatic carbocycles. The SMILES string of the molecule is CCCCN(C(=O)/C=C/c1ccc(N2CCCC2=O)cc1)C(C)CC. The molecule has 25 heavy (non-hydrogen) atoms. The van der Waals surface area contributed by atoms with Gasteiger partial charge in [-0.2, -0.15) is 0 Å². The molecule has 0 saturated carbocycles. The molecule has 0 aromatic heterocycles. The van der Waals surface area contributed by atoms with Gasteiger partial charge in [0.05, 0.1) is 0 Å². The van der Waals surface area contributed by atoms with E-state index in [0.29, 0.717) is 6.42 Å². The smallest absolute Gasteiger partial charge is 0.246 e. The average molecular weight is 342 g/mol. The quantitative estimate of drug-likeness (QED) is 0.663. The van der Waals surface area contributed by atoms with Crippen molar-refractivity contribution in [3.63, 3.8) is 0 Å². The molecular formula is C21H30N2O2. The van der Waals surface area contributed by atoms with Crippen molar-refractivity contribution in [2.75, 3.05) is 18.0 Å². The highest BCUT2D eigenvalue weighted by Crippen LogP contribution is 2.22. The first kappa shape index (κ1) is 19.2. The maximum absolute atomic E-state index is 12.5. The number of hydrogen-bond donors (Lipinski definition) is 0. The molecule has 1 aliphatic rings. The first-order chi connectivity index (χ1) is 12.1. The highest BCUT2D eigenvalue weighted by Gasteiger charge is 2.21. The highest BCUT2D eigenvalue weighted by molar-refractivity contribution is 5.95. The minimum Gasteiger partial charge on any atom is -0.336 e. The fourth-order valence-corrected chi connectivity index (χ4v) is 3.05. The van der Waals surface area contributed by atoms with Crippen molar-refractivity contribution in [3.05, 3.63) is 35.9 Å². The third-order valence-corrected chi connectivity index (χ3v) is 4.86. The summed E-state index contributed by atoms with van der Waals surface area (Å²) in [4.78, 5) is 28.1. The molecule has 0 aliphatic carbocycles. The van der Waals surface area contributed by atoms with Crippen molar-refractivity contribution in [3.8, 4) is 0 Å². The van der Waals surface area contributed by atoms with Gasteiger partial charge in [-0.1, -0.05) is 32.4 Å². The highest BCUT2D eigenvalue weighted by atomic mass is 16.2. The lowest BCUT2D eigenvalue weighted by atomic mass is 10.1. The lowest BCUT2D eigenvalue weighted by Crippen LogP contribution is -2.37. The van der Waals surface area contributed by atoms with Gasteiger partial charge in [-0.15, -0.1) is 0 Å². The fourth-order valence-electron chi connectivity index (χ4n) is 3.05. The van der Waals surface area contributed by atoms with Crippen LogP contribution in [0, 0.1) is 0 Å². The monoisotopic (exact) mass is 342 g/mol. The van der Waals surface area contributed by atoms with E-state index in [-0.39, 0.29) is 17.9 Å². The summed E-state index contributed by atoms with van der Waals surface area (Å²) in [5, 5.41) is 0. The molecule has 4 nitrogen and oxygen atoms in total. The van der Waals surface area contributed by atoms with Crippen molar-refractivity contribution in [2.24, 2.45) is 0 Å². The molecule has 1 saturated heterocycles. The Hall–Kier alpha value is -2.10. The van der Waals surface area contributed by atoms with Crippen molar-refractivity contribution in [1.29, 1.82) is 0 Å². The van der Waals surface area contributed by atoms with Crippen LogP contribution >= 0.6 is 0 Å². The first-order valence-corrected chi connectivity index (χ1v) is 9.46. The molecule has 1 aliphatic heterocycles. The van der Waals surface area contributed by atoms with Gasteiger partial charge in [0.2, 0.25) is 11.8 Å². The van der Waals surface area contributed by atoms with Gasteiger partial charge in [0.1, 0.15) is 0 Å². The molecule has 0 bridgehead atoms. The molecule has 2 amide bonds. The summed E-state index contributed by atoms with van der Waals surface area (Å²) in [6.45, 7) is 7.96. The van der Waals surface area contributed by atoms with E-state index in [1.165, 1.54) is 0 Å². The summed E-state index contributed by atoms with van der Waals surface area (Å²) in [7, 11) is 0. The second-order valence-electron chi connectivity index (χ2n) is 6.72. The Balaban J connectivity index is 2.01. The molecule has 1 aromatic rings. The van der Waals surface area contributed by atoms with Gasteiger partial charge in [-0.3, -0.25) is 9.59 Å². The zero-order valence-electron chi connectivity index (χ0n) is 15.7. The van der Waals surface area contributed by atoms with Crippen LogP contribution < -0.4 is 4.90 Å². The van der Waals surface area contributed by atoms with E-state index < -0.39 is 0 Å². The Kier molecular flexibility index (Phi) is 7.23. The Morgan fingerprint density at radius 2 is 2.00 bits per heavy atom. The molecule has 0 radical (unpaired) electrons. The molecular weight excluding hydrogens is 312 g/mol. The van der Waals surface area contributed by atoms with Gasteiger partial charge in [0.25, 0.3) is 0 Å². The van der Waals surface area contributed by atoms with Crippen LogP contribution in [-0.4, -0.2) is 35.8 Å². The van der Waals surface area contributed by atoms with Crippen LogP contribution in [0.1, 0.15) is 58.4 Å². The van der Waals surface area contributed by atoms with Crippen LogP contribution in [0.5, 0.6) is 0 Å². The topological polar surface area (TPSA) is 40.6 Å². The van der Waals surface area contributed by atoms with Gasteiger partial charge in [-0.25, -0.2) is 0 Å². The van der Waals surface area contributed by atoms with Crippen molar-refractivity contribution < 1.29 is 9.59 Å². The lowest BCUT2D eigenvalue weighted by molar-refractivity contribution is -0.128. The van der Waals surface area contributed by atoms with E-state index in [0.717, 1.165) is 50.0 Å². The van der Waals surface area contributed by atoms with Crippen molar-refractivity contribution in [1.82, 2.24) is 4.90 Å². The number of nitrogens with zero attached hydrogens (tertiary/aromatic N) is 2. The molecule has 0 N–H and O–H groups in total. The maximum atomic E-state index is 12.5. The van der Waals surface area contributed by atoms with E-state index >= 15 is 0 Å². The van der Waals surface area contributed by atoms with Crippen LogP contribution in [0.15, 0.2) is 30.3 Å². The number of amides is 2. The Bertz CT molecular complexity index is 607. The second kappa shape index (κ2) is 9.40. The van der Waals surface area contributed by atoms with E-state index in [1.54, 1.807) is 6.08 Å². The molecule has 1 fully saturated rings. The fraction of sp³-hybridized carbons (Fsp3) is 0.524. The third-order valence-electron chi connectivity index (χ3n) is 4.86. The number of carbonyl (C=O) groups excluding carboxylic acids is 2. The Labute approximate surface area is 151 Å². The number of carbonyl (C=O) groups is 2. The maximum Gasteiger partial charge on any atom is 0.246 e. The van der Waals surface area contributed by atoms with Gasteiger partial charge in [0.15, 0.2) is 0 Å². The van der Waals surface area contributed by atoms with Gasteiger partial charge in [-0.05, 0) is 50.0 Å². The van der Waals surface area contributed by atoms with Crippen LogP contribution in [-0.2, 0) is 9.59 Å². The largest absolute Gasteiger partial charge is 0.336 e. The average Bonchev–Trinajstić information content (AvgIpc) is 3.06. The number of anilines is 1. The van der Waals surface area contributed by atoms with E-state index in [4.69, 9.17) is 0 Å². The lowest BCUT2D eigenvalue weighted by Gasteiger charge is -2.27. The number of unbranched alkanes of at least 4 members (excludes halogenated alkanes) is 1. The molecule has 1 heterocycles. The summed E-state index contributed by atoms with van der Waals surface area (Å²) >= 11 is 0. The molecule has 4 heteroatoms. The van der Waals surface area contributed by atoms with Crippen molar-refractivity contribution >= 4 is 23.6 Å². The summed E-state index contributed by atoms with van der Waals surface area (Å²) in [6.07, 6.45) is 8.17. The minimum atomic E-state index is 0.0709. The summed E-state index contributed by atoms with van der Waals surface area (Å²) in [6, 6.07) is 8.09. The van der Waals surface area contributed by atoms with Crippen LogP contribution in [0.2, 0.25) is 0 Å². The third kappa shape index (κ3) is 5.18. The van der Waals surface area contributed by atoms with Crippen molar-refractivity contribution in [2.45, 2.75) is 58.9 Å². The van der Waals surface area contributed by atoms with E-state index in [2.05, 4.69) is 20.8 Å². The summed E-state index contributed by atoms with van der Waals surface area (Å²) in [5.74, 6) is 0.264. The second-order valence-corrected chi connectivity index (χ2v) is 6.72. The minimum absolute atomic E-state index is 0.0709. The molecule has 136 valence electrons. The normalized spacial score (nSPS) is 15.8. The zero-order chi connectivity index (χ0) is 18.2. The zero-order valence-corrected chi connectivity index (χ0v) is 15.7. The van der Waals surface area contributed by atoms with Gasteiger partial charge >= 0.3 is 0 Å². The van der Waals surface area contributed by atoms with Crippen LogP contribution in [0.3, 0.4) is 0 Å². The molecule has 0 spiro atoms. The van der Waals surface area contributed by atoms with Gasteiger partial charge < -0.3 is 9.80 Å². The van der Waals surface area contributed by atoms with Crippen LogP contribution in [0.4, 0.5) is 5.69 Å². The Morgan fingerprint density at radius 3 is 2.56 bits per heavy atom.